The fourth-order valence-electron chi connectivity index (χ4n) is 1.29. The number of rotatable bonds is 4. The molecule has 76 valence electrons. The maximum absolute atomic E-state index is 10.7. The highest BCUT2D eigenvalue weighted by atomic mass is 32.2. The summed E-state index contributed by atoms with van der Waals surface area (Å²) in [5, 5.41) is 11.8. The Morgan fingerprint density at radius 2 is 2.54 bits per heavy atom. The standard InChI is InChI=1S/C8H15NO3S/c1-8(3-4-12-2)9-6(5-13-8)7(10)11/h6,9H,3-5H2,1-2H3,(H,10,11). The summed E-state index contributed by atoms with van der Waals surface area (Å²) in [7, 11) is 1.65. The average molecular weight is 205 g/mol. The molecule has 4 nitrogen and oxygen atoms in total. The fourth-order valence-corrected chi connectivity index (χ4v) is 2.51. The summed E-state index contributed by atoms with van der Waals surface area (Å²) in [5.74, 6) is -0.135. The zero-order valence-electron chi connectivity index (χ0n) is 7.87. The van der Waals surface area contributed by atoms with E-state index in [2.05, 4.69) is 5.32 Å². The molecular weight excluding hydrogens is 190 g/mol. The number of nitrogens with one attached hydrogen (secondary N) is 1. The highest BCUT2D eigenvalue weighted by Gasteiger charge is 2.37. The molecule has 5 heteroatoms. The zero-order chi connectivity index (χ0) is 9.90. The van der Waals surface area contributed by atoms with E-state index in [0.29, 0.717) is 12.4 Å². The minimum absolute atomic E-state index is 0.140. The van der Waals surface area contributed by atoms with Crippen LogP contribution in [-0.2, 0) is 9.53 Å². The number of hydrogen-bond donors (Lipinski definition) is 2. The molecular formula is C8H15NO3S. The molecule has 0 spiro atoms. The van der Waals surface area contributed by atoms with E-state index < -0.39 is 12.0 Å². The summed E-state index contributed by atoms with van der Waals surface area (Å²) in [4.78, 5) is 10.5. The SMILES string of the molecule is COCCC1(C)NC(C(=O)O)CS1. The Morgan fingerprint density at radius 1 is 1.85 bits per heavy atom. The minimum atomic E-state index is -0.770. The van der Waals surface area contributed by atoms with Crippen LogP contribution in [0, 0.1) is 0 Å². The molecule has 1 saturated heterocycles. The molecule has 0 bridgehead atoms. The summed E-state index contributed by atoms with van der Waals surface area (Å²) in [5.41, 5.74) is 0. The van der Waals surface area contributed by atoms with Crippen molar-refractivity contribution in [3.05, 3.63) is 0 Å². The summed E-state index contributed by atoms with van der Waals surface area (Å²) in [6.07, 6.45) is 0.831. The second-order valence-corrected chi connectivity index (χ2v) is 4.84. The Hall–Kier alpha value is -0.260. The highest BCUT2D eigenvalue weighted by molar-refractivity contribution is 8.00. The molecule has 1 rings (SSSR count). The van der Waals surface area contributed by atoms with Gasteiger partial charge in [-0.15, -0.1) is 11.8 Å². The first-order valence-electron chi connectivity index (χ1n) is 4.21. The molecule has 2 N–H and O–H groups in total. The molecule has 1 heterocycles. The first-order chi connectivity index (χ1) is 6.07. The van der Waals surface area contributed by atoms with Crippen molar-refractivity contribution in [1.29, 1.82) is 0 Å². The van der Waals surface area contributed by atoms with Crippen molar-refractivity contribution in [2.75, 3.05) is 19.5 Å². The number of carboxylic acids is 1. The molecule has 13 heavy (non-hydrogen) atoms. The highest BCUT2D eigenvalue weighted by Crippen LogP contribution is 2.32. The molecule has 1 aliphatic heterocycles. The van der Waals surface area contributed by atoms with Gasteiger partial charge >= 0.3 is 5.97 Å². The number of thioether (sulfide) groups is 1. The van der Waals surface area contributed by atoms with Crippen LogP contribution in [0.4, 0.5) is 0 Å². The lowest BCUT2D eigenvalue weighted by Crippen LogP contribution is -2.43. The van der Waals surface area contributed by atoms with E-state index in [9.17, 15) is 4.79 Å². The maximum Gasteiger partial charge on any atom is 0.321 e. The van der Waals surface area contributed by atoms with E-state index in [1.165, 1.54) is 0 Å². The van der Waals surface area contributed by atoms with Gasteiger partial charge in [0.1, 0.15) is 6.04 Å². The van der Waals surface area contributed by atoms with E-state index >= 15 is 0 Å². The lowest BCUT2D eigenvalue weighted by atomic mass is 10.2. The van der Waals surface area contributed by atoms with E-state index in [1.54, 1.807) is 18.9 Å². The summed E-state index contributed by atoms with van der Waals surface area (Å²) < 4.78 is 4.96. The second kappa shape index (κ2) is 4.30. The van der Waals surface area contributed by atoms with Crippen LogP contribution in [-0.4, -0.2) is 41.5 Å². The van der Waals surface area contributed by atoms with Crippen LogP contribution in [0.5, 0.6) is 0 Å². The maximum atomic E-state index is 10.7. The molecule has 2 unspecified atom stereocenters. The van der Waals surface area contributed by atoms with E-state index in [4.69, 9.17) is 9.84 Å². The second-order valence-electron chi connectivity index (χ2n) is 3.32. The molecule has 0 radical (unpaired) electrons. The van der Waals surface area contributed by atoms with Gasteiger partial charge in [-0.05, 0) is 13.3 Å². The monoisotopic (exact) mass is 205 g/mol. The van der Waals surface area contributed by atoms with Crippen LogP contribution in [0.3, 0.4) is 0 Å². The molecule has 1 aliphatic rings. The molecule has 0 amide bonds. The van der Waals surface area contributed by atoms with Crippen molar-refractivity contribution in [1.82, 2.24) is 5.32 Å². The van der Waals surface area contributed by atoms with Gasteiger partial charge in [0, 0.05) is 19.5 Å². The van der Waals surface area contributed by atoms with Crippen LogP contribution in [0.2, 0.25) is 0 Å². The predicted octanol–water partition coefficient (Wildman–Crippen LogP) is 0.529. The van der Waals surface area contributed by atoms with Gasteiger partial charge in [-0.3, -0.25) is 10.1 Å². The number of hydrogen-bond acceptors (Lipinski definition) is 4. The van der Waals surface area contributed by atoms with E-state index in [-0.39, 0.29) is 4.87 Å². The predicted molar refractivity (Wildman–Crippen MR) is 51.9 cm³/mol. The third-order valence-electron chi connectivity index (χ3n) is 2.13. The van der Waals surface area contributed by atoms with Crippen LogP contribution in [0.1, 0.15) is 13.3 Å². The van der Waals surface area contributed by atoms with Crippen molar-refractivity contribution in [3.63, 3.8) is 0 Å². The molecule has 0 saturated carbocycles. The van der Waals surface area contributed by atoms with Gasteiger partial charge in [-0.2, -0.15) is 0 Å². The molecule has 0 aromatic heterocycles. The molecule has 1 fully saturated rings. The topological polar surface area (TPSA) is 58.6 Å². The Labute approximate surface area is 82.0 Å². The molecule has 0 aliphatic carbocycles. The van der Waals surface area contributed by atoms with Gasteiger partial charge in [-0.25, -0.2) is 0 Å². The quantitative estimate of drug-likeness (QED) is 0.701. The van der Waals surface area contributed by atoms with Crippen LogP contribution >= 0.6 is 11.8 Å². The Morgan fingerprint density at radius 3 is 3.00 bits per heavy atom. The van der Waals surface area contributed by atoms with Gasteiger partial charge in [0.15, 0.2) is 0 Å². The summed E-state index contributed by atoms with van der Waals surface area (Å²) >= 11 is 1.65. The fraction of sp³-hybridized carbons (Fsp3) is 0.875. The number of carbonyl (C=O) groups is 1. The summed E-state index contributed by atoms with van der Waals surface area (Å²) in [6, 6.07) is -0.410. The third-order valence-corrected chi connectivity index (χ3v) is 3.59. The van der Waals surface area contributed by atoms with Gasteiger partial charge in [0.2, 0.25) is 0 Å². The molecule has 2 atom stereocenters. The first-order valence-corrected chi connectivity index (χ1v) is 5.19. The first kappa shape index (κ1) is 10.8. The van der Waals surface area contributed by atoms with Crippen molar-refractivity contribution in [2.24, 2.45) is 0 Å². The smallest absolute Gasteiger partial charge is 0.321 e. The Balaban J connectivity index is 2.41. The third kappa shape index (κ3) is 2.86. The van der Waals surface area contributed by atoms with E-state index in [0.717, 1.165) is 6.42 Å². The van der Waals surface area contributed by atoms with Gasteiger partial charge in [-0.1, -0.05) is 0 Å². The number of methoxy groups -OCH3 is 1. The number of carboxylic acid groups (broad SMARTS) is 1. The number of aliphatic carboxylic acids is 1. The van der Waals surface area contributed by atoms with E-state index in [1.807, 2.05) is 6.92 Å². The van der Waals surface area contributed by atoms with Crippen molar-refractivity contribution in [3.8, 4) is 0 Å². The Bertz CT molecular complexity index is 200. The molecule has 0 aromatic rings. The van der Waals surface area contributed by atoms with Gasteiger partial charge in [0.25, 0.3) is 0 Å². The van der Waals surface area contributed by atoms with Crippen LogP contribution in [0.25, 0.3) is 0 Å². The van der Waals surface area contributed by atoms with Crippen LogP contribution < -0.4 is 5.32 Å². The zero-order valence-corrected chi connectivity index (χ0v) is 8.69. The lowest BCUT2D eigenvalue weighted by Gasteiger charge is -2.23. The van der Waals surface area contributed by atoms with Crippen molar-refractivity contribution in [2.45, 2.75) is 24.3 Å². The Kier molecular flexibility index (Phi) is 3.58. The van der Waals surface area contributed by atoms with Crippen molar-refractivity contribution < 1.29 is 14.6 Å². The summed E-state index contributed by atoms with van der Waals surface area (Å²) in [6.45, 7) is 2.67. The normalized spacial score (nSPS) is 33.5. The van der Waals surface area contributed by atoms with Crippen molar-refractivity contribution >= 4 is 17.7 Å². The lowest BCUT2D eigenvalue weighted by molar-refractivity contribution is -0.138. The average Bonchev–Trinajstić information content (AvgIpc) is 2.46. The van der Waals surface area contributed by atoms with Crippen LogP contribution in [0.15, 0.2) is 0 Å². The van der Waals surface area contributed by atoms with Gasteiger partial charge in [0.05, 0.1) is 4.87 Å². The molecule has 0 aromatic carbocycles. The largest absolute Gasteiger partial charge is 0.480 e. The number of ether oxygens (including phenoxy) is 1. The van der Waals surface area contributed by atoms with Gasteiger partial charge < -0.3 is 9.84 Å². The minimum Gasteiger partial charge on any atom is -0.480 e.